The number of hydrogen-bond acceptors (Lipinski definition) is 6. The minimum absolute atomic E-state index is 0.0682. The summed E-state index contributed by atoms with van der Waals surface area (Å²) in [6.45, 7) is 6.64. The van der Waals surface area contributed by atoms with E-state index in [0.29, 0.717) is 19.3 Å². The first kappa shape index (κ1) is 58.1. The van der Waals surface area contributed by atoms with Crippen LogP contribution in [0.5, 0.6) is 0 Å². The number of allylic oxidation sites excluding steroid dienone is 2. The van der Waals surface area contributed by atoms with E-state index in [0.717, 1.165) is 64.2 Å². The minimum Gasteiger partial charge on any atom is -0.462 e. The Morgan fingerprint density at radius 1 is 0.317 bits per heavy atom. The molecule has 354 valence electrons. The van der Waals surface area contributed by atoms with E-state index < -0.39 is 6.10 Å². The summed E-state index contributed by atoms with van der Waals surface area (Å²) in [4.78, 5) is 37.9. The van der Waals surface area contributed by atoms with Crippen LogP contribution in [0.2, 0.25) is 0 Å². The third-order valence-corrected chi connectivity index (χ3v) is 12.0. The molecule has 0 saturated carbocycles. The van der Waals surface area contributed by atoms with Crippen molar-refractivity contribution in [3.8, 4) is 0 Å². The lowest BCUT2D eigenvalue weighted by atomic mass is 10.0. The van der Waals surface area contributed by atoms with Crippen LogP contribution in [-0.4, -0.2) is 37.2 Å². The van der Waals surface area contributed by atoms with E-state index in [2.05, 4.69) is 32.9 Å². The van der Waals surface area contributed by atoms with E-state index in [9.17, 15) is 14.4 Å². The maximum absolute atomic E-state index is 12.8. The standard InChI is InChI=1S/C54H102O6/c1-4-7-10-13-16-19-21-23-25-26-27-28-29-31-32-35-38-41-44-47-53(56)59-50-51(49-58-52(55)46-43-40-37-34-18-15-12-9-6-3)60-54(57)48-45-42-39-36-33-30-24-22-20-17-14-11-8-5-2/h22,24,51H,4-21,23,25-50H2,1-3H3/b24-22-/t51-/m1/s1. The van der Waals surface area contributed by atoms with Crippen LogP contribution in [0.15, 0.2) is 12.2 Å². The van der Waals surface area contributed by atoms with Crippen molar-refractivity contribution in [1.82, 2.24) is 0 Å². The predicted octanol–water partition coefficient (Wildman–Crippen LogP) is 17.4. The van der Waals surface area contributed by atoms with Crippen molar-refractivity contribution in [2.24, 2.45) is 0 Å². The molecule has 0 radical (unpaired) electrons. The van der Waals surface area contributed by atoms with Crippen molar-refractivity contribution in [2.75, 3.05) is 13.2 Å². The first-order valence-corrected chi connectivity index (χ1v) is 26.7. The smallest absolute Gasteiger partial charge is 0.306 e. The summed E-state index contributed by atoms with van der Waals surface area (Å²) in [7, 11) is 0. The molecular weight excluding hydrogens is 745 g/mol. The van der Waals surface area contributed by atoms with Crippen molar-refractivity contribution < 1.29 is 28.6 Å². The molecule has 1 atom stereocenters. The van der Waals surface area contributed by atoms with Gasteiger partial charge in [0.2, 0.25) is 0 Å². The summed E-state index contributed by atoms with van der Waals surface area (Å²) in [5.74, 6) is -0.862. The molecule has 0 bridgehead atoms. The van der Waals surface area contributed by atoms with Gasteiger partial charge in [-0.2, -0.15) is 0 Å². The molecule has 0 unspecified atom stereocenters. The summed E-state index contributed by atoms with van der Waals surface area (Å²) in [6.07, 6.45) is 54.9. The van der Waals surface area contributed by atoms with Crippen molar-refractivity contribution in [3.05, 3.63) is 12.2 Å². The Labute approximate surface area is 373 Å². The molecule has 0 amide bonds. The molecule has 6 heteroatoms. The molecular formula is C54H102O6. The van der Waals surface area contributed by atoms with Crippen molar-refractivity contribution in [3.63, 3.8) is 0 Å². The molecule has 0 aliphatic rings. The normalized spacial score (nSPS) is 12.0. The summed E-state index contributed by atoms with van der Waals surface area (Å²) in [5, 5.41) is 0. The molecule has 0 saturated heterocycles. The Balaban J connectivity index is 4.24. The topological polar surface area (TPSA) is 78.9 Å². The highest BCUT2D eigenvalue weighted by molar-refractivity contribution is 5.71. The highest BCUT2D eigenvalue weighted by atomic mass is 16.6. The van der Waals surface area contributed by atoms with Gasteiger partial charge < -0.3 is 14.2 Å². The van der Waals surface area contributed by atoms with Gasteiger partial charge in [-0.05, 0) is 44.9 Å². The maximum atomic E-state index is 12.8. The molecule has 0 aromatic carbocycles. The van der Waals surface area contributed by atoms with Crippen LogP contribution in [0, 0.1) is 0 Å². The molecule has 0 heterocycles. The molecule has 0 aliphatic heterocycles. The van der Waals surface area contributed by atoms with E-state index in [-0.39, 0.29) is 31.1 Å². The summed E-state index contributed by atoms with van der Waals surface area (Å²) in [6, 6.07) is 0. The van der Waals surface area contributed by atoms with Crippen LogP contribution in [0.25, 0.3) is 0 Å². The van der Waals surface area contributed by atoms with Crippen molar-refractivity contribution in [2.45, 2.75) is 303 Å². The molecule has 60 heavy (non-hydrogen) atoms. The van der Waals surface area contributed by atoms with E-state index >= 15 is 0 Å². The van der Waals surface area contributed by atoms with Crippen LogP contribution in [0.3, 0.4) is 0 Å². The Kier molecular flexibility index (Phi) is 48.3. The Bertz CT molecular complexity index is 931. The highest BCUT2D eigenvalue weighted by Crippen LogP contribution is 2.16. The largest absolute Gasteiger partial charge is 0.462 e. The molecule has 0 aromatic rings. The second-order valence-electron chi connectivity index (χ2n) is 18.2. The maximum Gasteiger partial charge on any atom is 0.306 e. The molecule has 0 spiro atoms. The second kappa shape index (κ2) is 49.8. The minimum atomic E-state index is -0.767. The monoisotopic (exact) mass is 847 g/mol. The molecule has 0 N–H and O–H groups in total. The molecule has 0 aromatic heterocycles. The van der Waals surface area contributed by atoms with E-state index in [1.54, 1.807) is 0 Å². The van der Waals surface area contributed by atoms with Gasteiger partial charge in [0.1, 0.15) is 13.2 Å². The van der Waals surface area contributed by atoms with Gasteiger partial charge in [-0.1, -0.05) is 245 Å². The SMILES string of the molecule is CCCCCCC/C=C\CCCCCCCC(=O)O[C@H](COC(=O)CCCCCCCCCCC)COC(=O)CCCCCCCCCCCCCCCCCCCCC. The van der Waals surface area contributed by atoms with Gasteiger partial charge in [-0.15, -0.1) is 0 Å². The number of hydrogen-bond donors (Lipinski definition) is 0. The first-order chi connectivity index (χ1) is 29.5. The number of carbonyl (C=O) groups is 3. The van der Waals surface area contributed by atoms with Gasteiger partial charge >= 0.3 is 17.9 Å². The van der Waals surface area contributed by atoms with E-state index in [1.807, 2.05) is 0 Å². The zero-order chi connectivity index (χ0) is 43.7. The lowest BCUT2D eigenvalue weighted by molar-refractivity contribution is -0.167. The molecule has 0 rings (SSSR count). The fourth-order valence-electron chi connectivity index (χ4n) is 7.97. The fourth-order valence-corrected chi connectivity index (χ4v) is 7.97. The first-order valence-electron chi connectivity index (χ1n) is 26.7. The zero-order valence-corrected chi connectivity index (χ0v) is 40.5. The van der Waals surface area contributed by atoms with E-state index in [4.69, 9.17) is 14.2 Å². The molecule has 0 aliphatic carbocycles. The number of unbranched alkanes of at least 4 members (excludes halogenated alkanes) is 36. The van der Waals surface area contributed by atoms with Crippen molar-refractivity contribution in [1.29, 1.82) is 0 Å². The Morgan fingerprint density at radius 3 is 0.833 bits per heavy atom. The van der Waals surface area contributed by atoms with Gasteiger partial charge in [0.25, 0.3) is 0 Å². The van der Waals surface area contributed by atoms with Gasteiger partial charge in [0.05, 0.1) is 0 Å². The average molecular weight is 847 g/mol. The van der Waals surface area contributed by atoms with Crippen LogP contribution in [-0.2, 0) is 28.6 Å². The zero-order valence-electron chi connectivity index (χ0n) is 40.5. The third kappa shape index (κ3) is 47.2. The third-order valence-electron chi connectivity index (χ3n) is 12.0. The van der Waals surface area contributed by atoms with Gasteiger partial charge in [0, 0.05) is 19.3 Å². The number of ether oxygens (including phenoxy) is 3. The van der Waals surface area contributed by atoms with Crippen LogP contribution in [0.1, 0.15) is 297 Å². The summed E-state index contributed by atoms with van der Waals surface area (Å²) < 4.78 is 16.8. The number of esters is 3. The van der Waals surface area contributed by atoms with Gasteiger partial charge in [-0.3, -0.25) is 14.4 Å². The van der Waals surface area contributed by atoms with Crippen LogP contribution >= 0.6 is 0 Å². The summed E-state index contributed by atoms with van der Waals surface area (Å²) in [5.41, 5.74) is 0. The fraction of sp³-hybridized carbons (Fsp3) is 0.907. The van der Waals surface area contributed by atoms with Crippen molar-refractivity contribution >= 4 is 17.9 Å². The molecule has 0 fully saturated rings. The van der Waals surface area contributed by atoms with Gasteiger partial charge in [-0.25, -0.2) is 0 Å². The quantitative estimate of drug-likeness (QED) is 0.0263. The number of rotatable bonds is 49. The number of carbonyl (C=O) groups excluding carboxylic acids is 3. The van der Waals surface area contributed by atoms with Gasteiger partial charge in [0.15, 0.2) is 6.10 Å². The lowest BCUT2D eigenvalue weighted by Gasteiger charge is -2.18. The molecule has 6 nitrogen and oxygen atoms in total. The predicted molar refractivity (Wildman–Crippen MR) is 256 cm³/mol. The highest BCUT2D eigenvalue weighted by Gasteiger charge is 2.19. The average Bonchev–Trinajstić information content (AvgIpc) is 3.24. The van der Waals surface area contributed by atoms with E-state index in [1.165, 1.54) is 193 Å². The lowest BCUT2D eigenvalue weighted by Crippen LogP contribution is -2.30. The summed E-state index contributed by atoms with van der Waals surface area (Å²) >= 11 is 0. The van der Waals surface area contributed by atoms with Crippen LogP contribution < -0.4 is 0 Å². The van der Waals surface area contributed by atoms with Crippen LogP contribution in [0.4, 0.5) is 0 Å². The second-order valence-corrected chi connectivity index (χ2v) is 18.2. The Morgan fingerprint density at radius 2 is 0.550 bits per heavy atom. The Hall–Kier alpha value is -1.85.